The monoisotopic (exact) mass is 295 g/mol. The van der Waals surface area contributed by atoms with E-state index in [1.54, 1.807) is 0 Å². The molecule has 3 unspecified atom stereocenters. The van der Waals surface area contributed by atoms with Crippen molar-refractivity contribution in [2.45, 2.75) is 49.7 Å². The fraction of sp³-hybridized carbons (Fsp3) is 0.625. The van der Waals surface area contributed by atoms with E-state index in [1.165, 1.54) is 22.6 Å². The second-order valence-electron chi connectivity index (χ2n) is 5.68. The van der Waals surface area contributed by atoms with E-state index in [-0.39, 0.29) is 6.04 Å². The van der Waals surface area contributed by atoms with E-state index < -0.39 is 0 Å². The highest BCUT2D eigenvalue weighted by atomic mass is 32.2. The average molecular weight is 296 g/mol. The maximum absolute atomic E-state index is 6.43. The molecule has 3 heteroatoms. The fourth-order valence-electron chi connectivity index (χ4n) is 2.55. The van der Waals surface area contributed by atoms with E-state index in [4.69, 9.17) is 5.73 Å². The molecule has 1 aromatic carbocycles. The molecule has 1 heterocycles. The van der Waals surface area contributed by atoms with Gasteiger partial charge in [-0.3, -0.25) is 0 Å². The van der Waals surface area contributed by atoms with Gasteiger partial charge in [0.15, 0.2) is 0 Å². The van der Waals surface area contributed by atoms with E-state index in [2.05, 4.69) is 68.6 Å². The van der Waals surface area contributed by atoms with Crippen LogP contribution in [-0.4, -0.2) is 28.0 Å². The van der Waals surface area contributed by atoms with Crippen molar-refractivity contribution in [3.63, 3.8) is 0 Å². The molecule has 19 heavy (non-hydrogen) atoms. The molecule has 0 spiro atoms. The van der Waals surface area contributed by atoms with Crippen molar-refractivity contribution in [1.29, 1.82) is 0 Å². The first-order chi connectivity index (χ1) is 9.08. The Morgan fingerprint density at radius 3 is 2.37 bits per heavy atom. The topological polar surface area (TPSA) is 26.0 Å². The van der Waals surface area contributed by atoms with Crippen molar-refractivity contribution >= 4 is 23.5 Å². The highest BCUT2D eigenvalue weighted by molar-refractivity contribution is 8.07. The number of hydrogen-bond acceptors (Lipinski definition) is 3. The Labute approximate surface area is 126 Å². The summed E-state index contributed by atoms with van der Waals surface area (Å²) in [6, 6.07) is 9.27. The molecule has 1 aromatic rings. The normalized spacial score (nSPS) is 25.5. The molecule has 106 valence electrons. The number of rotatable bonds is 4. The van der Waals surface area contributed by atoms with Crippen LogP contribution >= 0.6 is 23.5 Å². The van der Waals surface area contributed by atoms with Crippen molar-refractivity contribution in [2.75, 3.05) is 11.5 Å². The van der Waals surface area contributed by atoms with Crippen LogP contribution in [0.5, 0.6) is 0 Å². The van der Waals surface area contributed by atoms with Crippen LogP contribution in [0.2, 0.25) is 0 Å². The van der Waals surface area contributed by atoms with Crippen LogP contribution in [0.15, 0.2) is 24.3 Å². The zero-order valence-electron chi connectivity index (χ0n) is 12.1. The molecule has 1 saturated heterocycles. The van der Waals surface area contributed by atoms with Crippen LogP contribution in [0.3, 0.4) is 0 Å². The molecule has 1 aliphatic heterocycles. The average Bonchev–Trinajstić information content (AvgIpc) is 2.39. The fourth-order valence-corrected chi connectivity index (χ4v) is 5.44. The summed E-state index contributed by atoms with van der Waals surface area (Å²) in [6.07, 6.45) is 1.00. The quantitative estimate of drug-likeness (QED) is 0.912. The minimum atomic E-state index is 0.276. The third-order valence-electron chi connectivity index (χ3n) is 3.78. The number of nitrogens with two attached hydrogens (primary N) is 1. The van der Waals surface area contributed by atoms with Crippen molar-refractivity contribution in [3.8, 4) is 0 Å². The van der Waals surface area contributed by atoms with E-state index in [0.717, 1.165) is 6.42 Å². The first-order valence-corrected chi connectivity index (χ1v) is 9.25. The van der Waals surface area contributed by atoms with Gasteiger partial charge in [0.2, 0.25) is 0 Å². The van der Waals surface area contributed by atoms with Gasteiger partial charge >= 0.3 is 0 Å². The van der Waals surface area contributed by atoms with Gasteiger partial charge in [0.25, 0.3) is 0 Å². The van der Waals surface area contributed by atoms with Crippen molar-refractivity contribution < 1.29 is 0 Å². The summed E-state index contributed by atoms with van der Waals surface area (Å²) < 4.78 is 0. The van der Waals surface area contributed by atoms with E-state index >= 15 is 0 Å². The van der Waals surface area contributed by atoms with Crippen LogP contribution in [0.25, 0.3) is 0 Å². The van der Waals surface area contributed by atoms with E-state index in [0.29, 0.717) is 16.4 Å². The van der Waals surface area contributed by atoms with Crippen molar-refractivity contribution in [2.24, 2.45) is 5.73 Å². The van der Waals surface area contributed by atoms with E-state index in [1.807, 2.05) is 0 Å². The van der Waals surface area contributed by atoms with Gasteiger partial charge in [0.1, 0.15) is 0 Å². The predicted octanol–water partition coefficient (Wildman–Crippen LogP) is 3.92. The molecular formula is C16H25NS2. The van der Waals surface area contributed by atoms with Crippen LogP contribution in [0.1, 0.15) is 37.8 Å². The molecule has 0 radical (unpaired) electrons. The Hall–Kier alpha value is -0.120. The van der Waals surface area contributed by atoms with Gasteiger partial charge in [-0.05, 0) is 23.5 Å². The lowest BCUT2D eigenvalue weighted by Crippen LogP contribution is -2.42. The Morgan fingerprint density at radius 1 is 1.16 bits per heavy atom. The second-order valence-corrected chi connectivity index (χ2v) is 8.45. The first-order valence-electron chi connectivity index (χ1n) is 7.15. The van der Waals surface area contributed by atoms with Gasteiger partial charge in [-0.2, -0.15) is 23.5 Å². The lowest BCUT2D eigenvalue weighted by molar-refractivity contribution is 0.622. The third kappa shape index (κ3) is 4.17. The molecule has 0 aliphatic carbocycles. The molecule has 1 aliphatic rings. The summed E-state index contributed by atoms with van der Waals surface area (Å²) in [5.41, 5.74) is 9.22. The summed E-state index contributed by atoms with van der Waals surface area (Å²) in [4.78, 5) is 0. The zero-order chi connectivity index (χ0) is 13.8. The largest absolute Gasteiger partial charge is 0.326 e. The highest BCUT2D eigenvalue weighted by Gasteiger charge is 2.28. The summed E-state index contributed by atoms with van der Waals surface area (Å²) in [6.45, 7) is 6.79. The summed E-state index contributed by atoms with van der Waals surface area (Å²) in [5.74, 6) is 3.13. The minimum Gasteiger partial charge on any atom is -0.326 e. The van der Waals surface area contributed by atoms with Crippen LogP contribution < -0.4 is 5.73 Å². The molecule has 0 bridgehead atoms. The molecule has 2 rings (SSSR count). The van der Waals surface area contributed by atoms with Crippen molar-refractivity contribution in [3.05, 3.63) is 35.4 Å². The Kier molecular flexibility index (Phi) is 5.67. The highest BCUT2D eigenvalue weighted by Crippen LogP contribution is 2.33. The van der Waals surface area contributed by atoms with Crippen LogP contribution in [0, 0.1) is 0 Å². The summed E-state index contributed by atoms with van der Waals surface area (Å²) in [5, 5.41) is 1.28. The van der Waals surface area contributed by atoms with Gasteiger partial charge in [0, 0.05) is 28.0 Å². The molecule has 1 nitrogen and oxygen atoms in total. The number of thioether (sulfide) groups is 2. The molecular weight excluding hydrogens is 270 g/mol. The van der Waals surface area contributed by atoms with Gasteiger partial charge < -0.3 is 5.73 Å². The maximum Gasteiger partial charge on any atom is 0.0318 e. The SMILES string of the molecule is CC(C)c1ccc(CC(N)C2SCCSC2C)cc1. The van der Waals surface area contributed by atoms with Crippen LogP contribution in [-0.2, 0) is 6.42 Å². The van der Waals surface area contributed by atoms with Crippen molar-refractivity contribution in [1.82, 2.24) is 0 Å². The van der Waals surface area contributed by atoms with Gasteiger partial charge in [-0.1, -0.05) is 45.0 Å². The lowest BCUT2D eigenvalue weighted by atomic mass is 9.98. The van der Waals surface area contributed by atoms with Gasteiger partial charge in [-0.15, -0.1) is 0 Å². The van der Waals surface area contributed by atoms with Gasteiger partial charge in [0.05, 0.1) is 0 Å². The first kappa shape index (κ1) is 15.3. The third-order valence-corrected chi connectivity index (χ3v) is 7.05. The number of benzene rings is 1. The van der Waals surface area contributed by atoms with Crippen LogP contribution in [0.4, 0.5) is 0 Å². The minimum absolute atomic E-state index is 0.276. The molecule has 0 saturated carbocycles. The van der Waals surface area contributed by atoms with Gasteiger partial charge in [-0.25, -0.2) is 0 Å². The molecule has 3 atom stereocenters. The van der Waals surface area contributed by atoms with E-state index in [9.17, 15) is 0 Å². The zero-order valence-corrected chi connectivity index (χ0v) is 13.8. The maximum atomic E-state index is 6.43. The Morgan fingerprint density at radius 2 is 1.79 bits per heavy atom. The molecule has 0 amide bonds. The molecule has 1 fully saturated rings. The molecule has 0 aromatic heterocycles. The summed E-state index contributed by atoms with van der Waals surface area (Å²) in [7, 11) is 0. The smallest absolute Gasteiger partial charge is 0.0318 e. The second kappa shape index (κ2) is 7.05. The Balaban J connectivity index is 1.96. The lowest BCUT2D eigenvalue weighted by Gasteiger charge is -2.32. The predicted molar refractivity (Wildman–Crippen MR) is 90.4 cm³/mol. The summed E-state index contributed by atoms with van der Waals surface area (Å²) >= 11 is 4.13. The number of hydrogen-bond donors (Lipinski definition) is 1. The Bertz CT molecular complexity index is 388. The standard InChI is InChI=1S/C16H25NS2/c1-11(2)14-6-4-13(5-7-14)10-15(17)16-12(3)18-8-9-19-16/h4-7,11-12,15-16H,8-10,17H2,1-3H3. The molecule has 2 N–H and O–H groups in total.